The summed E-state index contributed by atoms with van der Waals surface area (Å²) in [5.74, 6) is 6.14. The average molecular weight is 361 g/mol. The zero-order valence-corrected chi connectivity index (χ0v) is 16.8. The second-order valence-electron chi connectivity index (χ2n) is 7.97. The number of hydrogen-bond donors (Lipinski definition) is 0. The third-order valence-corrected chi connectivity index (χ3v) is 5.29. The molecule has 2 aromatic rings. The fourth-order valence-corrected chi connectivity index (χ4v) is 3.55. The standard InChI is InChI=1S/C24H27NO2/c1-17(2)25-15-14-24(3,4)21-16-19(10-13-22(21)25)7-6-18-8-11-20(12-9-18)23(26)27-5/h8-13,16-17H,14-15H2,1-5H3. The molecule has 0 N–H and O–H groups in total. The first-order valence-electron chi connectivity index (χ1n) is 9.43. The van der Waals surface area contributed by atoms with Gasteiger partial charge in [-0.15, -0.1) is 0 Å². The number of nitrogens with zero attached hydrogens (tertiary/aromatic N) is 1. The van der Waals surface area contributed by atoms with Gasteiger partial charge in [-0.05, 0) is 73.7 Å². The summed E-state index contributed by atoms with van der Waals surface area (Å²) in [7, 11) is 1.38. The van der Waals surface area contributed by atoms with Crippen LogP contribution in [0.2, 0.25) is 0 Å². The van der Waals surface area contributed by atoms with Crippen LogP contribution in [0.5, 0.6) is 0 Å². The van der Waals surface area contributed by atoms with E-state index in [9.17, 15) is 4.79 Å². The summed E-state index contributed by atoms with van der Waals surface area (Å²) < 4.78 is 4.72. The molecule has 0 atom stereocenters. The molecule has 3 nitrogen and oxygen atoms in total. The van der Waals surface area contributed by atoms with Gasteiger partial charge in [-0.25, -0.2) is 4.79 Å². The minimum atomic E-state index is -0.332. The molecule has 0 bridgehead atoms. The van der Waals surface area contributed by atoms with Crippen molar-refractivity contribution in [2.45, 2.75) is 45.6 Å². The van der Waals surface area contributed by atoms with Crippen LogP contribution in [-0.4, -0.2) is 25.7 Å². The smallest absolute Gasteiger partial charge is 0.337 e. The number of fused-ring (bicyclic) bond motifs is 1. The van der Waals surface area contributed by atoms with Crippen molar-refractivity contribution in [3.63, 3.8) is 0 Å². The zero-order valence-electron chi connectivity index (χ0n) is 16.8. The lowest BCUT2D eigenvalue weighted by molar-refractivity contribution is 0.0600. The molecule has 3 rings (SSSR count). The molecule has 3 heteroatoms. The molecular formula is C24H27NO2. The van der Waals surface area contributed by atoms with E-state index in [1.165, 1.54) is 18.4 Å². The van der Waals surface area contributed by atoms with Crippen molar-refractivity contribution in [2.24, 2.45) is 0 Å². The van der Waals surface area contributed by atoms with Gasteiger partial charge in [0.15, 0.2) is 0 Å². The predicted octanol–water partition coefficient (Wildman–Crippen LogP) is 4.77. The maximum Gasteiger partial charge on any atom is 0.337 e. The normalized spacial score (nSPS) is 15.0. The molecular weight excluding hydrogens is 334 g/mol. The molecule has 1 heterocycles. The maximum absolute atomic E-state index is 11.5. The number of esters is 1. The average Bonchev–Trinajstić information content (AvgIpc) is 2.66. The first-order chi connectivity index (χ1) is 12.8. The molecule has 0 radical (unpaired) electrons. The molecule has 0 aromatic heterocycles. The number of hydrogen-bond acceptors (Lipinski definition) is 3. The van der Waals surface area contributed by atoms with Gasteiger partial charge in [0.1, 0.15) is 0 Å². The van der Waals surface area contributed by atoms with Crippen LogP contribution in [0, 0.1) is 11.8 Å². The second-order valence-corrected chi connectivity index (χ2v) is 7.97. The molecule has 27 heavy (non-hydrogen) atoms. The Morgan fingerprint density at radius 1 is 1.07 bits per heavy atom. The fourth-order valence-electron chi connectivity index (χ4n) is 3.55. The molecule has 0 saturated heterocycles. The van der Waals surface area contributed by atoms with E-state index < -0.39 is 0 Å². The summed E-state index contributed by atoms with van der Waals surface area (Å²) in [6, 6.07) is 14.2. The summed E-state index contributed by atoms with van der Waals surface area (Å²) in [4.78, 5) is 14.0. The largest absolute Gasteiger partial charge is 0.465 e. The van der Waals surface area contributed by atoms with Crippen molar-refractivity contribution < 1.29 is 9.53 Å². The summed E-state index contributed by atoms with van der Waals surface area (Å²) in [6.45, 7) is 10.2. The molecule has 0 saturated carbocycles. The molecule has 0 spiro atoms. The van der Waals surface area contributed by atoms with Gasteiger partial charge >= 0.3 is 5.97 Å². The molecule has 140 valence electrons. The predicted molar refractivity (Wildman–Crippen MR) is 110 cm³/mol. The third-order valence-electron chi connectivity index (χ3n) is 5.29. The van der Waals surface area contributed by atoms with Crippen molar-refractivity contribution in [3.8, 4) is 11.8 Å². The van der Waals surface area contributed by atoms with E-state index in [0.717, 1.165) is 24.1 Å². The van der Waals surface area contributed by atoms with Gasteiger partial charge in [0.05, 0.1) is 12.7 Å². The molecule has 1 aliphatic heterocycles. The maximum atomic E-state index is 11.5. The van der Waals surface area contributed by atoms with E-state index in [2.05, 4.69) is 62.6 Å². The van der Waals surface area contributed by atoms with Crippen LogP contribution in [0.1, 0.15) is 61.2 Å². The minimum Gasteiger partial charge on any atom is -0.465 e. The summed E-state index contributed by atoms with van der Waals surface area (Å²) in [6.07, 6.45) is 1.14. The highest BCUT2D eigenvalue weighted by Gasteiger charge is 2.32. The highest BCUT2D eigenvalue weighted by Crippen LogP contribution is 2.40. The Bertz CT molecular complexity index is 898. The lowest BCUT2D eigenvalue weighted by atomic mass is 9.77. The van der Waals surface area contributed by atoms with Gasteiger partial charge in [0.25, 0.3) is 0 Å². The van der Waals surface area contributed by atoms with Crippen LogP contribution < -0.4 is 4.90 Å². The molecule has 1 aliphatic rings. The Labute approximate surface area is 162 Å². The number of methoxy groups -OCH3 is 1. The van der Waals surface area contributed by atoms with E-state index >= 15 is 0 Å². The monoisotopic (exact) mass is 361 g/mol. The van der Waals surface area contributed by atoms with Crippen LogP contribution in [0.4, 0.5) is 5.69 Å². The second kappa shape index (κ2) is 7.48. The number of benzene rings is 2. The Hall–Kier alpha value is -2.73. The van der Waals surface area contributed by atoms with Gasteiger partial charge in [-0.1, -0.05) is 25.7 Å². The van der Waals surface area contributed by atoms with Crippen LogP contribution in [0.3, 0.4) is 0 Å². The Balaban J connectivity index is 1.90. The van der Waals surface area contributed by atoms with Gasteiger partial charge in [-0.3, -0.25) is 0 Å². The highest BCUT2D eigenvalue weighted by molar-refractivity contribution is 5.89. The van der Waals surface area contributed by atoms with Crippen LogP contribution in [-0.2, 0) is 10.2 Å². The highest BCUT2D eigenvalue weighted by atomic mass is 16.5. The van der Waals surface area contributed by atoms with Crippen molar-refractivity contribution in [1.82, 2.24) is 0 Å². The van der Waals surface area contributed by atoms with Gasteiger partial charge in [-0.2, -0.15) is 0 Å². The van der Waals surface area contributed by atoms with Crippen molar-refractivity contribution >= 4 is 11.7 Å². The first-order valence-corrected chi connectivity index (χ1v) is 9.43. The van der Waals surface area contributed by atoms with Crippen LogP contribution >= 0.6 is 0 Å². The zero-order chi connectivity index (χ0) is 19.6. The molecule has 0 amide bonds. The van der Waals surface area contributed by atoms with E-state index in [-0.39, 0.29) is 11.4 Å². The summed E-state index contributed by atoms with van der Waals surface area (Å²) in [5, 5.41) is 0. The lowest BCUT2D eigenvalue weighted by Gasteiger charge is -2.42. The molecule has 2 aromatic carbocycles. The van der Waals surface area contributed by atoms with Gasteiger partial charge in [0.2, 0.25) is 0 Å². The number of ether oxygens (including phenoxy) is 1. The molecule has 0 unspecified atom stereocenters. The quantitative estimate of drug-likeness (QED) is 0.570. The number of carbonyl (C=O) groups excluding carboxylic acids is 1. The summed E-state index contributed by atoms with van der Waals surface area (Å²) in [5.41, 5.74) is 5.28. The van der Waals surface area contributed by atoms with Gasteiger partial charge in [0, 0.05) is 29.4 Å². The number of anilines is 1. The molecule has 0 fully saturated rings. The lowest BCUT2D eigenvalue weighted by Crippen LogP contribution is -2.41. The van der Waals surface area contributed by atoms with E-state index in [0.29, 0.717) is 11.6 Å². The fraction of sp³-hybridized carbons (Fsp3) is 0.375. The third kappa shape index (κ3) is 4.01. The Kier molecular flexibility index (Phi) is 5.28. The SMILES string of the molecule is COC(=O)c1ccc(C#Cc2ccc3c(c2)C(C)(C)CCN3C(C)C)cc1. The Morgan fingerprint density at radius 3 is 2.33 bits per heavy atom. The van der Waals surface area contributed by atoms with Crippen molar-refractivity contribution in [2.75, 3.05) is 18.6 Å². The van der Waals surface area contributed by atoms with E-state index in [4.69, 9.17) is 4.74 Å². The molecule has 0 aliphatic carbocycles. The van der Waals surface area contributed by atoms with Crippen LogP contribution in [0.15, 0.2) is 42.5 Å². The first kappa shape index (κ1) is 19.0. The van der Waals surface area contributed by atoms with Crippen molar-refractivity contribution in [1.29, 1.82) is 0 Å². The van der Waals surface area contributed by atoms with Crippen LogP contribution in [0.25, 0.3) is 0 Å². The van der Waals surface area contributed by atoms with E-state index in [1.807, 2.05) is 12.1 Å². The minimum absolute atomic E-state index is 0.153. The Morgan fingerprint density at radius 2 is 1.70 bits per heavy atom. The topological polar surface area (TPSA) is 29.5 Å². The number of rotatable bonds is 2. The van der Waals surface area contributed by atoms with E-state index in [1.54, 1.807) is 12.1 Å². The van der Waals surface area contributed by atoms with Gasteiger partial charge < -0.3 is 9.64 Å². The van der Waals surface area contributed by atoms with Crippen molar-refractivity contribution in [3.05, 3.63) is 64.7 Å². The number of carbonyl (C=O) groups is 1. The summed E-state index contributed by atoms with van der Waals surface area (Å²) >= 11 is 0.